The summed E-state index contributed by atoms with van der Waals surface area (Å²) in [7, 11) is -2.15. The first-order chi connectivity index (χ1) is 6.88. The zero-order valence-corrected chi connectivity index (χ0v) is 10.4. The number of methoxy groups -OCH3 is 1. The molecule has 0 aromatic heterocycles. The molecule has 1 aromatic carbocycles. The average Bonchev–Trinajstić information content (AvgIpc) is 2.15. The second-order valence-electron chi connectivity index (χ2n) is 2.97. The van der Waals surface area contributed by atoms with Gasteiger partial charge < -0.3 is 10.5 Å². The molecule has 1 aromatic rings. The van der Waals surface area contributed by atoms with Crippen molar-refractivity contribution in [3.63, 3.8) is 0 Å². The van der Waals surface area contributed by atoms with Crippen molar-refractivity contribution in [2.24, 2.45) is 5.73 Å². The minimum Gasteiger partial charge on any atom is -0.495 e. The number of amides is 1. The van der Waals surface area contributed by atoms with Crippen LogP contribution in [0.4, 0.5) is 0 Å². The molecule has 90 valence electrons. The number of ether oxygens (including phenoxy) is 1. The number of sulfone groups is 1. The summed E-state index contributed by atoms with van der Waals surface area (Å²) in [5, 5.41) is 0. The van der Waals surface area contributed by atoms with Crippen LogP contribution in [0.15, 0.2) is 23.1 Å². The van der Waals surface area contributed by atoms with E-state index < -0.39 is 15.7 Å². The van der Waals surface area contributed by atoms with Crippen LogP contribution in [0.3, 0.4) is 0 Å². The van der Waals surface area contributed by atoms with E-state index in [9.17, 15) is 13.2 Å². The van der Waals surface area contributed by atoms with Gasteiger partial charge in [0, 0.05) is 6.26 Å². The van der Waals surface area contributed by atoms with Gasteiger partial charge in [0.1, 0.15) is 10.6 Å². The summed E-state index contributed by atoms with van der Waals surface area (Å²) in [6.07, 6.45) is 1.04. The molecule has 0 aliphatic carbocycles. The predicted octanol–water partition coefficient (Wildman–Crippen LogP) is 0.619. The Balaban J connectivity index is 0.00000225. The summed E-state index contributed by atoms with van der Waals surface area (Å²) < 4.78 is 27.6. The summed E-state index contributed by atoms with van der Waals surface area (Å²) in [5.74, 6) is -0.732. The van der Waals surface area contributed by atoms with Gasteiger partial charge in [-0.25, -0.2) is 8.42 Å². The van der Waals surface area contributed by atoms with Crippen molar-refractivity contribution >= 4 is 28.2 Å². The van der Waals surface area contributed by atoms with Crippen molar-refractivity contribution in [1.29, 1.82) is 0 Å². The first-order valence-corrected chi connectivity index (χ1v) is 5.94. The molecule has 1 rings (SSSR count). The van der Waals surface area contributed by atoms with Gasteiger partial charge in [-0.2, -0.15) is 0 Å². The lowest BCUT2D eigenvalue weighted by atomic mass is 10.2. The van der Waals surface area contributed by atoms with Crippen molar-refractivity contribution in [2.75, 3.05) is 13.4 Å². The maximum absolute atomic E-state index is 11.4. The highest BCUT2D eigenvalue weighted by Crippen LogP contribution is 2.27. The molecule has 0 bridgehead atoms. The Kier molecular flexibility index (Phi) is 4.77. The summed E-state index contributed by atoms with van der Waals surface area (Å²) in [4.78, 5) is 11.0. The summed E-state index contributed by atoms with van der Waals surface area (Å²) in [5.41, 5.74) is 5.14. The number of rotatable bonds is 3. The van der Waals surface area contributed by atoms with E-state index in [-0.39, 0.29) is 28.6 Å². The fourth-order valence-corrected chi connectivity index (χ4v) is 2.07. The molecule has 0 heterocycles. The highest BCUT2D eigenvalue weighted by Gasteiger charge is 2.19. The number of nitrogens with two attached hydrogens (primary N) is 1. The van der Waals surface area contributed by atoms with Gasteiger partial charge in [-0.15, -0.1) is 12.4 Å². The van der Waals surface area contributed by atoms with Gasteiger partial charge in [-0.3, -0.25) is 4.79 Å². The fraction of sp³-hybridized carbons (Fsp3) is 0.222. The van der Waals surface area contributed by atoms with E-state index in [4.69, 9.17) is 10.5 Å². The van der Waals surface area contributed by atoms with E-state index in [1.165, 1.54) is 25.3 Å². The lowest BCUT2D eigenvalue weighted by molar-refractivity contribution is 0.0997. The van der Waals surface area contributed by atoms with Crippen molar-refractivity contribution < 1.29 is 17.9 Å². The van der Waals surface area contributed by atoms with Crippen LogP contribution in [0, 0.1) is 0 Å². The van der Waals surface area contributed by atoms with E-state index >= 15 is 0 Å². The van der Waals surface area contributed by atoms with Crippen LogP contribution in [-0.2, 0) is 9.84 Å². The monoisotopic (exact) mass is 265 g/mol. The summed E-state index contributed by atoms with van der Waals surface area (Å²) in [6, 6.07) is 4.22. The Morgan fingerprint density at radius 2 is 1.94 bits per heavy atom. The first-order valence-electron chi connectivity index (χ1n) is 4.04. The number of hydrogen-bond donors (Lipinski definition) is 1. The van der Waals surface area contributed by atoms with Gasteiger partial charge in [-0.05, 0) is 12.1 Å². The van der Waals surface area contributed by atoms with Crippen molar-refractivity contribution in [3.8, 4) is 5.75 Å². The van der Waals surface area contributed by atoms with Crippen molar-refractivity contribution in [2.45, 2.75) is 4.90 Å². The lowest BCUT2D eigenvalue weighted by Crippen LogP contribution is -2.14. The van der Waals surface area contributed by atoms with Crippen LogP contribution in [0.1, 0.15) is 10.4 Å². The molecule has 0 saturated carbocycles. The van der Waals surface area contributed by atoms with Crippen LogP contribution in [-0.4, -0.2) is 27.7 Å². The second-order valence-corrected chi connectivity index (χ2v) is 4.96. The van der Waals surface area contributed by atoms with Gasteiger partial charge in [-0.1, -0.05) is 6.07 Å². The third-order valence-corrected chi connectivity index (χ3v) is 2.97. The Morgan fingerprint density at radius 3 is 2.31 bits per heavy atom. The number of hydrogen-bond acceptors (Lipinski definition) is 4. The minimum absolute atomic E-state index is 0. The van der Waals surface area contributed by atoms with Crippen molar-refractivity contribution in [1.82, 2.24) is 0 Å². The standard InChI is InChI=1S/C9H11NO4S.ClH/c1-14-8-6(9(10)11)4-3-5-7(8)15(2,12)13;/h3-5H,1-2H3,(H2,10,11);1H. The van der Waals surface area contributed by atoms with Crippen LogP contribution in [0.2, 0.25) is 0 Å². The minimum atomic E-state index is -3.43. The van der Waals surface area contributed by atoms with Gasteiger partial charge in [0.05, 0.1) is 12.7 Å². The summed E-state index contributed by atoms with van der Waals surface area (Å²) >= 11 is 0. The van der Waals surface area contributed by atoms with E-state index in [0.717, 1.165) is 6.26 Å². The number of carbonyl (C=O) groups is 1. The molecule has 0 spiro atoms. The molecule has 1 amide bonds. The van der Waals surface area contributed by atoms with Gasteiger partial charge >= 0.3 is 0 Å². The van der Waals surface area contributed by atoms with E-state index in [1.54, 1.807) is 0 Å². The lowest BCUT2D eigenvalue weighted by Gasteiger charge is -2.09. The molecule has 2 N–H and O–H groups in total. The second kappa shape index (κ2) is 5.18. The summed E-state index contributed by atoms with van der Waals surface area (Å²) in [6.45, 7) is 0. The zero-order chi connectivity index (χ0) is 11.6. The maximum Gasteiger partial charge on any atom is 0.252 e. The molecule has 0 unspecified atom stereocenters. The smallest absolute Gasteiger partial charge is 0.252 e. The van der Waals surface area contributed by atoms with Crippen LogP contribution >= 0.6 is 12.4 Å². The Hall–Kier alpha value is -1.27. The van der Waals surface area contributed by atoms with E-state index in [1.807, 2.05) is 0 Å². The van der Waals surface area contributed by atoms with Crippen LogP contribution in [0.25, 0.3) is 0 Å². The molecule has 0 radical (unpaired) electrons. The molecule has 5 nitrogen and oxygen atoms in total. The largest absolute Gasteiger partial charge is 0.495 e. The Bertz CT molecular complexity index is 498. The molecule has 0 atom stereocenters. The number of primary amides is 1. The number of para-hydroxylation sites is 1. The quantitative estimate of drug-likeness (QED) is 0.868. The molecular weight excluding hydrogens is 254 g/mol. The molecule has 16 heavy (non-hydrogen) atoms. The van der Waals surface area contributed by atoms with Gasteiger partial charge in [0.25, 0.3) is 5.91 Å². The molecular formula is C9H12ClNO4S. The third kappa shape index (κ3) is 2.86. The molecule has 7 heteroatoms. The highest BCUT2D eigenvalue weighted by atomic mass is 35.5. The molecule has 0 saturated heterocycles. The van der Waals surface area contributed by atoms with Crippen molar-refractivity contribution in [3.05, 3.63) is 23.8 Å². The SMILES string of the molecule is COc1c(C(N)=O)cccc1S(C)(=O)=O.Cl. The topological polar surface area (TPSA) is 86.5 Å². The van der Waals surface area contributed by atoms with Crippen LogP contribution < -0.4 is 10.5 Å². The average molecular weight is 266 g/mol. The van der Waals surface area contributed by atoms with Gasteiger partial charge in [0.15, 0.2) is 9.84 Å². The molecule has 0 fully saturated rings. The fourth-order valence-electron chi connectivity index (χ4n) is 1.21. The highest BCUT2D eigenvalue weighted by molar-refractivity contribution is 7.90. The zero-order valence-electron chi connectivity index (χ0n) is 8.76. The molecule has 0 aliphatic rings. The van der Waals surface area contributed by atoms with Crippen LogP contribution in [0.5, 0.6) is 5.75 Å². The number of halogens is 1. The Morgan fingerprint density at radius 1 is 1.38 bits per heavy atom. The normalized spacial score (nSPS) is 10.4. The first kappa shape index (κ1) is 14.7. The van der Waals surface area contributed by atoms with E-state index in [0.29, 0.717) is 0 Å². The third-order valence-electron chi connectivity index (χ3n) is 1.85. The van der Waals surface area contributed by atoms with Gasteiger partial charge in [0.2, 0.25) is 0 Å². The Labute approximate surface area is 99.9 Å². The van der Waals surface area contributed by atoms with E-state index in [2.05, 4.69) is 0 Å². The number of carbonyl (C=O) groups excluding carboxylic acids is 1. The molecule has 0 aliphatic heterocycles. The predicted molar refractivity (Wildman–Crippen MR) is 61.9 cm³/mol. The number of benzene rings is 1. The maximum atomic E-state index is 11.4.